The average molecular weight is 451 g/mol. The quantitative estimate of drug-likeness (QED) is 0.488. The molecule has 154 valence electrons. The first-order valence-corrected chi connectivity index (χ1v) is 12.3. The number of sulfonamides is 1. The number of benzene rings is 1. The van der Waals surface area contributed by atoms with Crippen molar-refractivity contribution >= 4 is 44.3 Å². The molecule has 3 aromatic rings. The van der Waals surface area contributed by atoms with Gasteiger partial charge >= 0.3 is 0 Å². The van der Waals surface area contributed by atoms with Crippen molar-refractivity contribution in [3.05, 3.63) is 68.5 Å². The van der Waals surface area contributed by atoms with Crippen LogP contribution in [0.1, 0.15) is 29.3 Å². The van der Waals surface area contributed by atoms with E-state index in [4.69, 9.17) is 0 Å². The van der Waals surface area contributed by atoms with Crippen molar-refractivity contribution in [1.82, 2.24) is 4.72 Å². The van der Waals surface area contributed by atoms with E-state index in [0.29, 0.717) is 28.1 Å². The second-order valence-electron chi connectivity index (χ2n) is 6.56. The maximum absolute atomic E-state index is 12.9. The zero-order chi connectivity index (χ0) is 21.1. The topological polar surface area (TPSA) is 95.5 Å². The molecule has 0 radical (unpaired) electrons. The summed E-state index contributed by atoms with van der Waals surface area (Å²) in [6.45, 7) is 3.22. The van der Waals surface area contributed by atoms with Gasteiger partial charge in [-0.15, -0.1) is 11.3 Å². The van der Waals surface area contributed by atoms with Crippen LogP contribution in [-0.2, 0) is 20.4 Å². The monoisotopic (exact) mass is 450 g/mol. The molecular formula is C20H22N2O4S3. The van der Waals surface area contributed by atoms with E-state index in [2.05, 4.69) is 10.0 Å². The van der Waals surface area contributed by atoms with Gasteiger partial charge in [0.05, 0.1) is 4.90 Å². The molecule has 1 aromatic carbocycles. The lowest BCUT2D eigenvalue weighted by Gasteiger charge is -2.27. The molecule has 0 spiro atoms. The van der Waals surface area contributed by atoms with Gasteiger partial charge in [0, 0.05) is 29.1 Å². The maximum Gasteiger partial charge on any atom is 0.240 e. The highest BCUT2D eigenvalue weighted by Crippen LogP contribution is 2.34. The number of carbonyl (C=O) groups is 1. The Morgan fingerprint density at radius 3 is 2.59 bits per heavy atom. The predicted molar refractivity (Wildman–Crippen MR) is 117 cm³/mol. The van der Waals surface area contributed by atoms with E-state index in [0.717, 1.165) is 0 Å². The fourth-order valence-electron chi connectivity index (χ4n) is 2.90. The van der Waals surface area contributed by atoms with E-state index in [1.54, 1.807) is 38.1 Å². The molecule has 2 aromatic heterocycles. The van der Waals surface area contributed by atoms with E-state index in [1.165, 1.54) is 28.7 Å². The second-order valence-corrected chi connectivity index (χ2v) is 10.0. The summed E-state index contributed by atoms with van der Waals surface area (Å²) < 4.78 is 28.4. The summed E-state index contributed by atoms with van der Waals surface area (Å²) in [6.07, 6.45) is 0.338. The molecule has 1 atom stereocenters. The highest BCUT2D eigenvalue weighted by Gasteiger charge is 2.35. The Morgan fingerprint density at radius 1 is 1.21 bits per heavy atom. The molecule has 0 saturated heterocycles. The number of nitrogens with one attached hydrogen (secondary N) is 2. The first-order valence-electron chi connectivity index (χ1n) is 8.95. The fourth-order valence-corrected chi connectivity index (χ4v) is 5.75. The first-order chi connectivity index (χ1) is 13.8. The summed E-state index contributed by atoms with van der Waals surface area (Å²) in [7, 11) is -3.87. The van der Waals surface area contributed by atoms with Crippen LogP contribution in [0.3, 0.4) is 0 Å². The number of thiophene rings is 2. The van der Waals surface area contributed by atoms with E-state index >= 15 is 0 Å². The minimum Gasteiger partial charge on any atom is -0.378 e. The number of rotatable bonds is 8. The number of aliphatic hydroxyl groups is 1. The number of anilines is 1. The van der Waals surface area contributed by atoms with E-state index in [1.807, 2.05) is 22.2 Å². The molecule has 1 amide bonds. The summed E-state index contributed by atoms with van der Waals surface area (Å²) in [4.78, 5) is 12.3. The van der Waals surface area contributed by atoms with Gasteiger partial charge in [0.25, 0.3) is 0 Å². The van der Waals surface area contributed by atoms with Crippen molar-refractivity contribution in [2.75, 3.05) is 11.9 Å². The smallest absolute Gasteiger partial charge is 0.240 e. The van der Waals surface area contributed by atoms with Crippen LogP contribution in [0.25, 0.3) is 0 Å². The van der Waals surface area contributed by atoms with E-state index < -0.39 is 15.6 Å². The molecule has 0 saturated carbocycles. The molecule has 1 unspecified atom stereocenters. The third-order valence-corrected chi connectivity index (χ3v) is 7.78. The van der Waals surface area contributed by atoms with Gasteiger partial charge in [0.2, 0.25) is 15.9 Å². The number of aryl methyl sites for hydroxylation is 1. The molecule has 29 heavy (non-hydrogen) atoms. The Kier molecular flexibility index (Phi) is 6.55. The molecule has 0 aliphatic rings. The molecule has 3 rings (SSSR count). The summed E-state index contributed by atoms with van der Waals surface area (Å²) in [5.74, 6) is -0.144. The highest BCUT2D eigenvalue weighted by molar-refractivity contribution is 7.89. The van der Waals surface area contributed by atoms with Crippen LogP contribution in [0.15, 0.2) is 57.4 Å². The van der Waals surface area contributed by atoms with Gasteiger partial charge in [0.15, 0.2) is 0 Å². The third-order valence-electron chi connectivity index (χ3n) is 4.51. The highest BCUT2D eigenvalue weighted by atomic mass is 32.2. The van der Waals surface area contributed by atoms with Gasteiger partial charge in [-0.05, 0) is 59.0 Å². The molecule has 6 nitrogen and oxygen atoms in total. The van der Waals surface area contributed by atoms with Crippen LogP contribution in [0.5, 0.6) is 0 Å². The van der Waals surface area contributed by atoms with Crippen molar-refractivity contribution in [3.8, 4) is 0 Å². The number of hydrogen-bond acceptors (Lipinski definition) is 6. The predicted octanol–water partition coefficient (Wildman–Crippen LogP) is 3.68. The molecule has 9 heteroatoms. The molecule has 0 bridgehead atoms. The van der Waals surface area contributed by atoms with Gasteiger partial charge in [-0.1, -0.05) is 13.0 Å². The van der Waals surface area contributed by atoms with E-state index in [9.17, 15) is 18.3 Å². The summed E-state index contributed by atoms with van der Waals surface area (Å²) in [6, 6.07) is 10.0. The Hall–Kier alpha value is -2.04. The Balaban J connectivity index is 1.84. The number of amides is 1. The lowest BCUT2D eigenvalue weighted by atomic mass is 9.95. The van der Waals surface area contributed by atoms with Gasteiger partial charge < -0.3 is 10.4 Å². The SMILES string of the molecule is CCC(=O)Nc1ccc(S(=O)(=O)NCC(O)(c2ccsc2)c2cccs2)c(C)c1. The third kappa shape index (κ3) is 4.76. The van der Waals surface area contributed by atoms with Crippen molar-refractivity contribution in [1.29, 1.82) is 0 Å². The number of carbonyl (C=O) groups excluding carboxylic acids is 1. The first kappa shape index (κ1) is 21.7. The van der Waals surface area contributed by atoms with Crippen LogP contribution >= 0.6 is 22.7 Å². The van der Waals surface area contributed by atoms with Gasteiger partial charge in [-0.25, -0.2) is 13.1 Å². The van der Waals surface area contributed by atoms with Crippen molar-refractivity contribution < 1.29 is 18.3 Å². The zero-order valence-corrected chi connectivity index (χ0v) is 18.5. The van der Waals surface area contributed by atoms with Crippen LogP contribution in [0, 0.1) is 6.92 Å². The summed E-state index contributed by atoms with van der Waals surface area (Å²) >= 11 is 2.80. The van der Waals surface area contributed by atoms with Gasteiger partial charge in [-0.3, -0.25) is 4.79 Å². The normalized spacial score (nSPS) is 13.8. The summed E-state index contributed by atoms with van der Waals surface area (Å²) in [5, 5.41) is 19.5. The minimum atomic E-state index is -3.87. The van der Waals surface area contributed by atoms with Crippen molar-refractivity contribution in [2.45, 2.75) is 30.8 Å². The van der Waals surface area contributed by atoms with Crippen LogP contribution < -0.4 is 10.0 Å². The molecule has 3 N–H and O–H groups in total. The maximum atomic E-state index is 12.9. The van der Waals surface area contributed by atoms with Gasteiger partial charge in [-0.2, -0.15) is 11.3 Å². The van der Waals surface area contributed by atoms with E-state index in [-0.39, 0.29) is 17.3 Å². The van der Waals surface area contributed by atoms with Crippen LogP contribution in [-0.4, -0.2) is 26.0 Å². The number of hydrogen-bond donors (Lipinski definition) is 3. The minimum absolute atomic E-state index is 0.103. The summed E-state index contributed by atoms with van der Waals surface area (Å²) in [5.41, 5.74) is 0.231. The largest absolute Gasteiger partial charge is 0.378 e. The average Bonchev–Trinajstić information content (AvgIpc) is 3.40. The zero-order valence-electron chi connectivity index (χ0n) is 16.0. The second kappa shape index (κ2) is 8.76. The molecule has 0 aliphatic carbocycles. The fraction of sp³-hybridized carbons (Fsp3) is 0.250. The van der Waals surface area contributed by atoms with Crippen LogP contribution in [0.4, 0.5) is 5.69 Å². The molecule has 0 fully saturated rings. The molecular weight excluding hydrogens is 428 g/mol. The van der Waals surface area contributed by atoms with Crippen molar-refractivity contribution in [2.24, 2.45) is 0 Å². The Morgan fingerprint density at radius 2 is 2.00 bits per heavy atom. The molecule has 2 heterocycles. The molecule has 0 aliphatic heterocycles. The Bertz CT molecular complexity index is 1040. The Labute approximate surface area is 178 Å². The standard InChI is InChI=1S/C20H22N2O4S3/c1-3-19(23)22-16-6-7-17(14(2)11-16)29(25,26)21-13-20(24,15-8-10-27-12-15)18-5-4-9-28-18/h4-12,21,24H,3,13H2,1-2H3,(H,22,23). The van der Waals surface area contributed by atoms with Crippen molar-refractivity contribution in [3.63, 3.8) is 0 Å². The van der Waals surface area contributed by atoms with Crippen LogP contribution in [0.2, 0.25) is 0 Å². The van der Waals surface area contributed by atoms with Gasteiger partial charge in [0.1, 0.15) is 5.60 Å². The lowest BCUT2D eigenvalue weighted by Crippen LogP contribution is -2.41. The lowest BCUT2D eigenvalue weighted by molar-refractivity contribution is -0.115.